The molecular formula is C15H14N6O. The fraction of sp³-hybridized carbons (Fsp3) is 0.0667. The second-order valence-electron chi connectivity index (χ2n) is 4.61. The third kappa shape index (κ3) is 3.26. The van der Waals surface area contributed by atoms with Crippen molar-refractivity contribution >= 4 is 23.1 Å². The minimum absolute atomic E-state index is 0.0965. The molecule has 2 heterocycles. The highest BCUT2D eigenvalue weighted by Crippen LogP contribution is 2.17. The maximum Gasteiger partial charge on any atom is 0.221 e. The Bertz CT molecular complexity index is 750. The van der Waals surface area contributed by atoms with Gasteiger partial charge in [0.1, 0.15) is 0 Å². The van der Waals surface area contributed by atoms with Crippen molar-refractivity contribution in [3.05, 3.63) is 54.9 Å². The van der Waals surface area contributed by atoms with Crippen LogP contribution < -0.4 is 10.6 Å². The summed E-state index contributed by atoms with van der Waals surface area (Å²) >= 11 is 0. The van der Waals surface area contributed by atoms with Gasteiger partial charge in [-0.25, -0.2) is 4.68 Å². The smallest absolute Gasteiger partial charge is 0.221 e. The minimum atomic E-state index is -0.0965. The molecule has 0 fully saturated rings. The summed E-state index contributed by atoms with van der Waals surface area (Å²) in [7, 11) is 0. The zero-order chi connectivity index (χ0) is 15.4. The summed E-state index contributed by atoms with van der Waals surface area (Å²) in [5, 5.41) is 18.2. The normalized spacial score (nSPS) is 10.2. The van der Waals surface area contributed by atoms with Crippen LogP contribution in [0.2, 0.25) is 0 Å². The summed E-state index contributed by atoms with van der Waals surface area (Å²) in [4.78, 5) is 11.0. The lowest BCUT2D eigenvalue weighted by atomic mass is 10.2. The van der Waals surface area contributed by atoms with Crippen LogP contribution in [0.15, 0.2) is 54.9 Å². The van der Waals surface area contributed by atoms with Crippen LogP contribution in [-0.4, -0.2) is 25.9 Å². The second-order valence-corrected chi connectivity index (χ2v) is 4.61. The Hall–Kier alpha value is -3.22. The highest BCUT2D eigenvalue weighted by atomic mass is 16.1. The maximum absolute atomic E-state index is 11.0. The van der Waals surface area contributed by atoms with Gasteiger partial charge in [0, 0.05) is 30.7 Å². The Morgan fingerprint density at radius 3 is 2.41 bits per heavy atom. The lowest BCUT2D eigenvalue weighted by molar-refractivity contribution is -0.114. The van der Waals surface area contributed by atoms with Crippen LogP contribution >= 0.6 is 0 Å². The molecule has 7 nitrogen and oxygen atoms in total. The summed E-state index contributed by atoms with van der Waals surface area (Å²) in [5.41, 5.74) is 1.61. The van der Waals surface area contributed by atoms with Crippen molar-refractivity contribution in [1.29, 1.82) is 0 Å². The number of benzene rings is 1. The van der Waals surface area contributed by atoms with E-state index in [4.69, 9.17) is 0 Å². The molecule has 0 atom stereocenters. The molecule has 0 spiro atoms. The van der Waals surface area contributed by atoms with Gasteiger partial charge in [-0.15, -0.1) is 10.2 Å². The fourth-order valence-corrected chi connectivity index (χ4v) is 1.91. The van der Waals surface area contributed by atoms with Gasteiger partial charge < -0.3 is 10.6 Å². The number of aromatic nitrogens is 4. The lowest BCUT2D eigenvalue weighted by Crippen LogP contribution is -2.05. The third-order valence-corrected chi connectivity index (χ3v) is 2.87. The molecule has 3 aromatic rings. The van der Waals surface area contributed by atoms with Crippen LogP contribution in [-0.2, 0) is 4.79 Å². The van der Waals surface area contributed by atoms with E-state index in [1.807, 2.05) is 42.5 Å². The molecule has 2 aromatic heterocycles. The summed E-state index contributed by atoms with van der Waals surface area (Å²) in [6.07, 6.45) is 3.49. The number of rotatable bonds is 4. The van der Waals surface area contributed by atoms with E-state index >= 15 is 0 Å². The summed E-state index contributed by atoms with van der Waals surface area (Å²) in [6.45, 7) is 1.48. The average molecular weight is 294 g/mol. The van der Waals surface area contributed by atoms with Crippen molar-refractivity contribution < 1.29 is 4.79 Å². The molecule has 0 saturated heterocycles. The Kier molecular flexibility index (Phi) is 3.78. The van der Waals surface area contributed by atoms with E-state index in [1.54, 1.807) is 17.1 Å². The van der Waals surface area contributed by atoms with Gasteiger partial charge in [-0.05, 0) is 42.5 Å². The fourth-order valence-electron chi connectivity index (χ4n) is 1.91. The summed E-state index contributed by atoms with van der Waals surface area (Å²) < 4.78 is 1.64. The largest absolute Gasteiger partial charge is 0.339 e. The van der Waals surface area contributed by atoms with E-state index in [9.17, 15) is 4.79 Å². The molecule has 110 valence electrons. The van der Waals surface area contributed by atoms with Crippen LogP contribution in [0.4, 0.5) is 17.2 Å². The predicted molar refractivity (Wildman–Crippen MR) is 83.2 cm³/mol. The van der Waals surface area contributed by atoms with Crippen LogP contribution in [0.25, 0.3) is 5.82 Å². The molecule has 0 bridgehead atoms. The van der Waals surface area contributed by atoms with Crippen molar-refractivity contribution in [3.8, 4) is 5.82 Å². The SMILES string of the molecule is CC(=O)Nc1ccc(Nc2ccc(-n3cccn3)nn2)cc1. The second kappa shape index (κ2) is 6.04. The Morgan fingerprint density at radius 2 is 1.82 bits per heavy atom. The highest BCUT2D eigenvalue weighted by molar-refractivity contribution is 5.88. The third-order valence-electron chi connectivity index (χ3n) is 2.87. The average Bonchev–Trinajstić information content (AvgIpc) is 3.04. The van der Waals surface area contributed by atoms with Crippen LogP contribution in [0.3, 0.4) is 0 Å². The predicted octanol–water partition coefficient (Wildman–Crippen LogP) is 2.36. The summed E-state index contributed by atoms with van der Waals surface area (Å²) in [5.74, 6) is 1.18. The first-order valence-corrected chi connectivity index (χ1v) is 6.69. The van der Waals surface area contributed by atoms with Gasteiger partial charge in [-0.1, -0.05) is 0 Å². The van der Waals surface area contributed by atoms with Gasteiger partial charge >= 0.3 is 0 Å². The number of nitrogens with one attached hydrogen (secondary N) is 2. The number of hydrogen-bond acceptors (Lipinski definition) is 5. The monoisotopic (exact) mass is 294 g/mol. The van der Waals surface area contributed by atoms with Gasteiger partial charge in [0.25, 0.3) is 0 Å². The van der Waals surface area contributed by atoms with Crippen LogP contribution in [0.1, 0.15) is 6.92 Å². The number of carbonyl (C=O) groups is 1. The van der Waals surface area contributed by atoms with E-state index in [-0.39, 0.29) is 5.91 Å². The zero-order valence-electron chi connectivity index (χ0n) is 11.9. The van der Waals surface area contributed by atoms with Crippen LogP contribution in [0.5, 0.6) is 0 Å². The molecule has 1 aromatic carbocycles. The molecule has 7 heteroatoms. The molecule has 0 aliphatic heterocycles. The lowest BCUT2D eigenvalue weighted by Gasteiger charge is -2.07. The van der Waals surface area contributed by atoms with E-state index in [0.717, 1.165) is 11.4 Å². The van der Waals surface area contributed by atoms with Gasteiger partial charge in [0.15, 0.2) is 11.6 Å². The first-order valence-electron chi connectivity index (χ1n) is 6.69. The van der Waals surface area contributed by atoms with Crippen molar-refractivity contribution in [1.82, 2.24) is 20.0 Å². The maximum atomic E-state index is 11.0. The zero-order valence-corrected chi connectivity index (χ0v) is 11.9. The molecule has 1 amide bonds. The topological polar surface area (TPSA) is 84.7 Å². The van der Waals surface area contributed by atoms with Gasteiger partial charge in [0.05, 0.1) is 0 Å². The molecule has 3 rings (SSSR count). The number of hydrogen-bond donors (Lipinski definition) is 2. The highest BCUT2D eigenvalue weighted by Gasteiger charge is 2.01. The van der Waals surface area contributed by atoms with Crippen molar-refractivity contribution in [2.45, 2.75) is 6.92 Å². The quantitative estimate of drug-likeness (QED) is 0.771. The first kappa shape index (κ1) is 13.7. The van der Waals surface area contributed by atoms with Gasteiger partial charge in [-0.2, -0.15) is 5.10 Å². The van der Waals surface area contributed by atoms with Gasteiger partial charge in [0.2, 0.25) is 5.91 Å². The standard InChI is InChI=1S/C15H14N6O/c1-11(22)17-12-3-5-13(6-4-12)18-14-7-8-15(20-19-14)21-10-2-9-16-21/h2-10H,1H3,(H,17,22)(H,18,19). The molecular weight excluding hydrogens is 280 g/mol. The molecule has 0 saturated carbocycles. The van der Waals surface area contributed by atoms with E-state index in [1.165, 1.54) is 6.92 Å². The summed E-state index contributed by atoms with van der Waals surface area (Å²) in [6, 6.07) is 12.8. The molecule has 0 aliphatic rings. The minimum Gasteiger partial charge on any atom is -0.339 e. The van der Waals surface area contributed by atoms with Gasteiger partial charge in [-0.3, -0.25) is 4.79 Å². The Morgan fingerprint density at radius 1 is 1.05 bits per heavy atom. The molecule has 22 heavy (non-hydrogen) atoms. The molecule has 0 aliphatic carbocycles. The van der Waals surface area contributed by atoms with E-state index in [0.29, 0.717) is 11.6 Å². The van der Waals surface area contributed by atoms with Crippen LogP contribution in [0, 0.1) is 0 Å². The van der Waals surface area contributed by atoms with Crippen molar-refractivity contribution in [2.24, 2.45) is 0 Å². The number of nitrogens with zero attached hydrogens (tertiary/aromatic N) is 4. The van der Waals surface area contributed by atoms with E-state index < -0.39 is 0 Å². The van der Waals surface area contributed by atoms with Crippen molar-refractivity contribution in [2.75, 3.05) is 10.6 Å². The number of anilines is 3. The number of amides is 1. The number of carbonyl (C=O) groups excluding carboxylic acids is 1. The van der Waals surface area contributed by atoms with Crippen molar-refractivity contribution in [3.63, 3.8) is 0 Å². The molecule has 2 N–H and O–H groups in total. The Labute approximate surface area is 127 Å². The molecule has 0 unspecified atom stereocenters. The first-order chi connectivity index (χ1) is 10.7. The molecule has 0 radical (unpaired) electrons. The van der Waals surface area contributed by atoms with E-state index in [2.05, 4.69) is 25.9 Å². The Balaban J connectivity index is 1.69.